The van der Waals surface area contributed by atoms with Crippen LogP contribution in [0.2, 0.25) is 0 Å². The van der Waals surface area contributed by atoms with E-state index in [4.69, 9.17) is 9.31 Å². The van der Waals surface area contributed by atoms with Crippen molar-refractivity contribution in [3.8, 4) is 0 Å². The van der Waals surface area contributed by atoms with Gasteiger partial charge in [0, 0.05) is 6.54 Å². The topological polar surface area (TPSA) is 64.6 Å². The molecule has 0 unspecified atom stereocenters. The van der Waals surface area contributed by atoms with E-state index in [0.717, 1.165) is 11.0 Å². The molecule has 0 bridgehead atoms. The molecule has 1 saturated heterocycles. The molecule has 0 radical (unpaired) electrons. The quantitative estimate of drug-likeness (QED) is 0.797. The Morgan fingerprint density at radius 3 is 2.04 bits per heavy atom. The van der Waals surface area contributed by atoms with Gasteiger partial charge in [-0.2, -0.15) is 0 Å². The van der Waals surface area contributed by atoms with E-state index >= 15 is 0 Å². The van der Waals surface area contributed by atoms with Gasteiger partial charge in [0.2, 0.25) is 10.0 Å². The largest absolute Gasteiger partial charge is 0.494 e. The fourth-order valence-corrected chi connectivity index (χ4v) is 2.89. The van der Waals surface area contributed by atoms with Gasteiger partial charge in [-0.1, -0.05) is 24.3 Å². The van der Waals surface area contributed by atoms with Crippen LogP contribution in [0, 0.1) is 0 Å². The molecule has 7 heteroatoms. The van der Waals surface area contributed by atoms with Crippen molar-refractivity contribution in [1.82, 2.24) is 4.72 Å². The Bertz CT molecular complexity index is 625. The zero-order valence-corrected chi connectivity index (χ0v) is 15.4. The predicted molar refractivity (Wildman–Crippen MR) is 93.3 cm³/mol. The Morgan fingerprint density at radius 1 is 1.04 bits per heavy atom. The lowest BCUT2D eigenvalue weighted by Gasteiger charge is -2.32. The maximum atomic E-state index is 11.4. The van der Waals surface area contributed by atoms with Crippen LogP contribution >= 0.6 is 0 Å². The average molecular weight is 339 g/mol. The van der Waals surface area contributed by atoms with Crippen molar-refractivity contribution in [3.63, 3.8) is 0 Å². The third-order valence-corrected chi connectivity index (χ3v) is 6.02. The Balaban J connectivity index is 1.96. The molecule has 2 rings (SSSR count). The van der Waals surface area contributed by atoms with Gasteiger partial charge in [-0.05, 0) is 52.1 Å². The van der Waals surface area contributed by atoms with Crippen LogP contribution in [0.15, 0.2) is 24.3 Å². The first-order valence-corrected chi connectivity index (χ1v) is 9.63. The maximum absolute atomic E-state index is 11.4. The van der Waals surface area contributed by atoms with Gasteiger partial charge < -0.3 is 9.31 Å². The minimum absolute atomic E-state index is 0.105. The van der Waals surface area contributed by atoms with Crippen molar-refractivity contribution < 1.29 is 17.7 Å². The van der Waals surface area contributed by atoms with Crippen LogP contribution in [0.25, 0.3) is 0 Å². The molecule has 0 spiro atoms. The number of rotatable bonds is 6. The molecule has 0 aromatic heterocycles. The van der Waals surface area contributed by atoms with Gasteiger partial charge >= 0.3 is 7.12 Å². The van der Waals surface area contributed by atoms with Crippen molar-refractivity contribution in [2.75, 3.05) is 12.3 Å². The minimum Gasteiger partial charge on any atom is -0.399 e. The Morgan fingerprint density at radius 2 is 1.57 bits per heavy atom. The summed E-state index contributed by atoms with van der Waals surface area (Å²) < 4.78 is 37.4. The summed E-state index contributed by atoms with van der Waals surface area (Å²) in [6.45, 7) is 10.2. The summed E-state index contributed by atoms with van der Waals surface area (Å²) in [6.07, 6.45) is 0.656. The molecule has 0 amide bonds. The first kappa shape index (κ1) is 18.5. The predicted octanol–water partition coefficient (Wildman–Crippen LogP) is 1.47. The van der Waals surface area contributed by atoms with E-state index in [1.54, 1.807) is 6.92 Å². The van der Waals surface area contributed by atoms with E-state index in [-0.39, 0.29) is 24.1 Å². The molecule has 5 nitrogen and oxygen atoms in total. The fraction of sp³-hybridized carbons (Fsp3) is 0.625. The second-order valence-electron chi connectivity index (χ2n) is 6.88. The highest BCUT2D eigenvalue weighted by atomic mass is 32.2. The first-order valence-electron chi connectivity index (χ1n) is 7.98. The molecule has 128 valence electrons. The summed E-state index contributed by atoms with van der Waals surface area (Å²) >= 11 is 0. The monoisotopic (exact) mass is 339 g/mol. The van der Waals surface area contributed by atoms with Gasteiger partial charge in [0.15, 0.2) is 0 Å². The third kappa shape index (κ3) is 4.35. The SMILES string of the molecule is CCS(=O)(=O)NCCc1ccc(B2OC(C)(C)C(C)(C)O2)cc1. The molecule has 1 aromatic carbocycles. The van der Waals surface area contributed by atoms with Crippen molar-refractivity contribution in [2.45, 2.75) is 52.2 Å². The molecule has 1 aliphatic rings. The second-order valence-corrected chi connectivity index (χ2v) is 8.97. The van der Waals surface area contributed by atoms with Crippen molar-refractivity contribution >= 4 is 22.6 Å². The molecule has 0 saturated carbocycles. The molecule has 1 aliphatic heterocycles. The average Bonchev–Trinajstić information content (AvgIpc) is 2.68. The zero-order valence-electron chi connectivity index (χ0n) is 14.5. The van der Waals surface area contributed by atoms with E-state index in [0.29, 0.717) is 13.0 Å². The summed E-state index contributed by atoms with van der Waals surface area (Å²) in [6, 6.07) is 7.93. The number of benzene rings is 1. The molecule has 23 heavy (non-hydrogen) atoms. The maximum Gasteiger partial charge on any atom is 0.494 e. The van der Waals surface area contributed by atoms with Crippen LogP contribution < -0.4 is 10.2 Å². The van der Waals surface area contributed by atoms with Crippen molar-refractivity contribution in [3.05, 3.63) is 29.8 Å². The molecular formula is C16H26BNO4S. The van der Waals surface area contributed by atoms with Gasteiger partial charge in [-0.15, -0.1) is 0 Å². The van der Waals surface area contributed by atoms with E-state index < -0.39 is 10.0 Å². The van der Waals surface area contributed by atoms with Crippen molar-refractivity contribution in [1.29, 1.82) is 0 Å². The van der Waals surface area contributed by atoms with Crippen LogP contribution in [-0.2, 0) is 25.8 Å². The number of hydrogen-bond acceptors (Lipinski definition) is 4. The smallest absolute Gasteiger partial charge is 0.399 e. The highest BCUT2D eigenvalue weighted by Crippen LogP contribution is 2.36. The second kappa shape index (κ2) is 6.55. The normalized spacial score (nSPS) is 20.0. The minimum atomic E-state index is -3.13. The van der Waals surface area contributed by atoms with Crippen molar-refractivity contribution in [2.24, 2.45) is 0 Å². The lowest BCUT2D eigenvalue weighted by molar-refractivity contribution is 0.00578. The van der Waals surface area contributed by atoms with E-state index in [1.807, 2.05) is 52.0 Å². The molecular weight excluding hydrogens is 313 g/mol. The molecule has 1 aromatic rings. The van der Waals surface area contributed by atoms with Gasteiger partial charge in [-0.25, -0.2) is 13.1 Å². The van der Waals surface area contributed by atoms with Crippen LogP contribution in [0.3, 0.4) is 0 Å². The standard InChI is InChI=1S/C16H26BNO4S/c1-6-23(19,20)18-12-11-13-7-9-14(10-8-13)17-21-15(2,3)16(4,5)22-17/h7-10,18H,6,11-12H2,1-5H3. The molecule has 1 fully saturated rings. The van der Waals surface area contributed by atoms with Crippen LogP contribution in [0.4, 0.5) is 0 Å². The molecule has 0 aliphatic carbocycles. The fourth-order valence-electron chi connectivity index (χ4n) is 2.27. The van der Waals surface area contributed by atoms with Gasteiger partial charge in [0.25, 0.3) is 0 Å². The number of hydrogen-bond donors (Lipinski definition) is 1. The summed E-state index contributed by atoms with van der Waals surface area (Å²) in [5, 5.41) is 0. The molecule has 1 heterocycles. The Hall–Kier alpha value is -0.885. The lowest BCUT2D eigenvalue weighted by atomic mass is 9.79. The summed E-state index contributed by atoms with van der Waals surface area (Å²) in [4.78, 5) is 0. The number of nitrogens with one attached hydrogen (secondary N) is 1. The molecule has 1 N–H and O–H groups in total. The van der Waals surface area contributed by atoms with Crippen LogP contribution in [-0.4, -0.2) is 39.0 Å². The summed E-state index contributed by atoms with van der Waals surface area (Å²) in [7, 11) is -3.49. The highest BCUT2D eigenvalue weighted by molar-refractivity contribution is 7.89. The van der Waals surface area contributed by atoms with E-state index in [1.165, 1.54) is 0 Å². The van der Waals surface area contributed by atoms with Gasteiger partial charge in [0.05, 0.1) is 17.0 Å². The van der Waals surface area contributed by atoms with Gasteiger partial charge in [-0.3, -0.25) is 0 Å². The Labute approximate surface area is 140 Å². The third-order valence-electron chi connectivity index (χ3n) is 4.62. The van der Waals surface area contributed by atoms with Crippen LogP contribution in [0.1, 0.15) is 40.2 Å². The Kier molecular flexibility index (Phi) is 5.26. The lowest BCUT2D eigenvalue weighted by Crippen LogP contribution is -2.41. The first-order chi connectivity index (χ1) is 10.6. The summed E-state index contributed by atoms with van der Waals surface area (Å²) in [5.74, 6) is 0.105. The summed E-state index contributed by atoms with van der Waals surface area (Å²) in [5.41, 5.74) is 1.34. The highest BCUT2D eigenvalue weighted by Gasteiger charge is 2.51. The van der Waals surface area contributed by atoms with Gasteiger partial charge in [0.1, 0.15) is 0 Å². The zero-order chi connectivity index (χ0) is 17.3. The van der Waals surface area contributed by atoms with Crippen LogP contribution in [0.5, 0.6) is 0 Å². The molecule has 0 atom stereocenters. The number of sulfonamides is 1. The van der Waals surface area contributed by atoms with E-state index in [2.05, 4.69) is 4.72 Å². The van der Waals surface area contributed by atoms with E-state index in [9.17, 15) is 8.42 Å².